The van der Waals surface area contributed by atoms with Crippen molar-refractivity contribution in [3.63, 3.8) is 0 Å². The van der Waals surface area contributed by atoms with Gasteiger partial charge in [-0.25, -0.2) is 4.79 Å². The molecular weight excluding hydrogens is 170 g/mol. The third kappa shape index (κ3) is 5.22. The van der Waals surface area contributed by atoms with Gasteiger partial charge in [0.1, 0.15) is 0 Å². The van der Waals surface area contributed by atoms with Crippen LogP contribution in [0.1, 0.15) is 40.0 Å². The van der Waals surface area contributed by atoms with Gasteiger partial charge in [0.05, 0.1) is 6.54 Å². The van der Waals surface area contributed by atoms with E-state index in [0.29, 0.717) is 6.54 Å². The van der Waals surface area contributed by atoms with Crippen molar-refractivity contribution in [2.45, 2.75) is 40.0 Å². The van der Waals surface area contributed by atoms with Gasteiger partial charge in [0.15, 0.2) is 0 Å². The minimum atomic E-state index is -0.369. The summed E-state index contributed by atoms with van der Waals surface area (Å²) in [5.74, 6) is -0.596. The van der Waals surface area contributed by atoms with Crippen molar-refractivity contribution in [1.82, 2.24) is 5.06 Å². The van der Waals surface area contributed by atoms with E-state index >= 15 is 0 Å². The average molecular weight is 187 g/mol. The smallest absolute Gasteiger partial charge is 0.332 e. The van der Waals surface area contributed by atoms with E-state index in [-0.39, 0.29) is 18.3 Å². The molecule has 0 atom stereocenters. The SMILES string of the molecule is CCCCN(OC(=O)CC)C(C)=O. The molecule has 0 saturated carbocycles. The number of hydrogen-bond donors (Lipinski definition) is 0. The monoisotopic (exact) mass is 187 g/mol. The molecule has 0 rings (SSSR count). The highest BCUT2D eigenvalue weighted by molar-refractivity contribution is 5.75. The second-order valence-corrected chi connectivity index (χ2v) is 2.79. The molecule has 4 heteroatoms. The fourth-order valence-corrected chi connectivity index (χ4v) is 0.757. The van der Waals surface area contributed by atoms with E-state index < -0.39 is 0 Å². The Morgan fingerprint density at radius 2 is 1.92 bits per heavy atom. The van der Waals surface area contributed by atoms with Gasteiger partial charge < -0.3 is 4.84 Å². The summed E-state index contributed by atoms with van der Waals surface area (Å²) < 4.78 is 0. The average Bonchev–Trinajstić information content (AvgIpc) is 2.11. The Kier molecular flexibility index (Phi) is 5.93. The molecule has 0 aliphatic heterocycles. The van der Waals surface area contributed by atoms with Gasteiger partial charge in [-0.1, -0.05) is 20.3 Å². The Hall–Kier alpha value is -1.06. The van der Waals surface area contributed by atoms with E-state index in [1.807, 2.05) is 6.92 Å². The van der Waals surface area contributed by atoms with E-state index in [1.165, 1.54) is 6.92 Å². The minimum absolute atomic E-state index is 0.227. The van der Waals surface area contributed by atoms with E-state index in [0.717, 1.165) is 17.9 Å². The maximum absolute atomic E-state index is 10.9. The maximum atomic E-state index is 10.9. The van der Waals surface area contributed by atoms with Crippen molar-refractivity contribution >= 4 is 11.9 Å². The van der Waals surface area contributed by atoms with E-state index in [2.05, 4.69) is 0 Å². The fraction of sp³-hybridized carbons (Fsp3) is 0.778. The van der Waals surface area contributed by atoms with Crippen LogP contribution in [0, 0.1) is 0 Å². The highest BCUT2D eigenvalue weighted by Gasteiger charge is 2.12. The predicted octanol–water partition coefficient (Wildman–Crippen LogP) is 1.50. The van der Waals surface area contributed by atoms with Crippen LogP contribution in [0.15, 0.2) is 0 Å². The number of unbranched alkanes of at least 4 members (excludes halogenated alkanes) is 1. The van der Waals surface area contributed by atoms with Crippen LogP contribution in [-0.2, 0) is 14.4 Å². The van der Waals surface area contributed by atoms with Gasteiger partial charge in [0, 0.05) is 13.3 Å². The van der Waals surface area contributed by atoms with Crippen molar-refractivity contribution in [2.24, 2.45) is 0 Å². The summed E-state index contributed by atoms with van der Waals surface area (Å²) >= 11 is 0. The molecule has 0 aliphatic rings. The van der Waals surface area contributed by atoms with Gasteiger partial charge >= 0.3 is 5.97 Å². The summed E-state index contributed by atoms with van der Waals surface area (Å²) in [5, 5.41) is 1.12. The molecule has 0 aromatic carbocycles. The van der Waals surface area contributed by atoms with Crippen LogP contribution in [-0.4, -0.2) is 23.5 Å². The zero-order chi connectivity index (χ0) is 10.3. The van der Waals surface area contributed by atoms with Crippen LogP contribution in [0.2, 0.25) is 0 Å². The zero-order valence-electron chi connectivity index (χ0n) is 8.50. The number of rotatable bonds is 4. The van der Waals surface area contributed by atoms with Crippen LogP contribution in [0.25, 0.3) is 0 Å². The number of amides is 1. The van der Waals surface area contributed by atoms with Crippen LogP contribution in [0.3, 0.4) is 0 Å². The first-order valence-corrected chi connectivity index (χ1v) is 4.60. The molecule has 0 fully saturated rings. The lowest BCUT2D eigenvalue weighted by atomic mass is 10.3. The lowest BCUT2D eigenvalue weighted by Crippen LogP contribution is -2.32. The number of nitrogens with zero attached hydrogens (tertiary/aromatic N) is 1. The zero-order valence-corrected chi connectivity index (χ0v) is 8.50. The van der Waals surface area contributed by atoms with E-state index in [4.69, 9.17) is 4.84 Å². The Labute approximate surface area is 78.8 Å². The summed E-state index contributed by atoms with van der Waals surface area (Å²) in [5.41, 5.74) is 0. The Morgan fingerprint density at radius 1 is 1.31 bits per heavy atom. The first kappa shape index (κ1) is 11.9. The van der Waals surface area contributed by atoms with Gasteiger partial charge in [-0.3, -0.25) is 4.79 Å². The number of carbonyl (C=O) groups is 2. The lowest BCUT2D eigenvalue weighted by molar-refractivity contribution is -0.197. The third-order valence-corrected chi connectivity index (χ3v) is 1.57. The fourth-order valence-electron chi connectivity index (χ4n) is 0.757. The van der Waals surface area contributed by atoms with Crippen LogP contribution < -0.4 is 0 Å². The highest BCUT2D eigenvalue weighted by atomic mass is 16.7. The summed E-state index contributed by atoms with van der Waals surface area (Å²) in [6.07, 6.45) is 2.10. The number of hydroxylamine groups is 2. The maximum Gasteiger partial charge on any atom is 0.332 e. The molecule has 0 N–H and O–H groups in total. The minimum Gasteiger partial charge on any atom is -0.338 e. The molecule has 0 unspecified atom stereocenters. The molecule has 13 heavy (non-hydrogen) atoms. The molecule has 4 nitrogen and oxygen atoms in total. The first-order chi connectivity index (χ1) is 6.11. The van der Waals surface area contributed by atoms with E-state index in [1.54, 1.807) is 6.92 Å². The van der Waals surface area contributed by atoms with Gasteiger partial charge in [-0.05, 0) is 6.42 Å². The molecular formula is C9H17NO3. The molecule has 76 valence electrons. The topological polar surface area (TPSA) is 46.6 Å². The highest BCUT2D eigenvalue weighted by Crippen LogP contribution is 1.98. The number of hydrogen-bond acceptors (Lipinski definition) is 3. The lowest BCUT2D eigenvalue weighted by Gasteiger charge is -2.18. The predicted molar refractivity (Wildman–Crippen MR) is 48.7 cm³/mol. The standard InChI is InChI=1S/C9H17NO3/c1-4-6-7-10(8(3)11)13-9(12)5-2/h4-7H2,1-3H3. The molecule has 0 aromatic rings. The summed E-state index contributed by atoms with van der Waals surface area (Å²) in [6.45, 7) is 5.58. The third-order valence-electron chi connectivity index (χ3n) is 1.57. The first-order valence-electron chi connectivity index (χ1n) is 4.60. The molecule has 0 aliphatic carbocycles. The summed E-state index contributed by atoms with van der Waals surface area (Å²) in [4.78, 5) is 26.6. The Bertz CT molecular complexity index is 180. The molecule has 0 radical (unpaired) electrons. The van der Waals surface area contributed by atoms with Crippen LogP contribution in [0.4, 0.5) is 0 Å². The van der Waals surface area contributed by atoms with Gasteiger partial charge in [0.25, 0.3) is 5.91 Å². The number of carbonyl (C=O) groups excluding carboxylic acids is 2. The Morgan fingerprint density at radius 3 is 2.31 bits per heavy atom. The summed E-state index contributed by atoms with van der Waals surface area (Å²) in [6, 6.07) is 0. The van der Waals surface area contributed by atoms with Crippen molar-refractivity contribution in [3.05, 3.63) is 0 Å². The molecule has 0 bridgehead atoms. The van der Waals surface area contributed by atoms with E-state index in [9.17, 15) is 9.59 Å². The molecule has 0 spiro atoms. The second kappa shape index (κ2) is 6.46. The van der Waals surface area contributed by atoms with Gasteiger partial charge in [-0.2, -0.15) is 5.06 Å². The van der Waals surface area contributed by atoms with Crippen molar-refractivity contribution in [1.29, 1.82) is 0 Å². The Balaban J connectivity index is 3.94. The largest absolute Gasteiger partial charge is 0.338 e. The van der Waals surface area contributed by atoms with Crippen LogP contribution >= 0.6 is 0 Å². The van der Waals surface area contributed by atoms with Crippen molar-refractivity contribution in [2.75, 3.05) is 6.54 Å². The molecule has 0 saturated heterocycles. The molecule has 0 aromatic heterocycles. The quantitative estimate of drug-likeness (QED) is 0.626. The van der Waals surface area contributed by atoms with Gasteiger partial charge in [-0.15, -0.1) is 0 Å². The van der Waals surface area contributed by atoms with Gasteiger partial charge in [0.2, 0.25) is 0 Å². The van der Waals surface area contributed by atoms with Crippen molar-refractivity contribution < 1.29 is 14.4 Å². The van der Waals surface area contributed by atoms with Crippen LogP contribution in [0.5, 0.6) is 0 Å². The molecule has 1 amide bonds. The summed E-state index contributed by atoms with van der Waals surface area (Å²) in [7, 11) is 0. The van der Waals surface area contributed by atoms with Crippen molar-refractivity contribution in [3.8, 4) is 0 Å². The molecule has 0 heterocycles. The normalized spacial score (nSPS) is 9.46. The second-order valence-electron chi connectivity index (χ2n) is 2.79.